The average molecular weight is 387 g/mol. The van der Waals surface area contributed by atoms with Crippen molar-refractivity contribution >= 4 is 45.8 Å². The maximum Gasteiger partial charge on any atom is 0.245 e. The topological polar surface area (TPSA) is 55.1 Å². The van der Waals surface area contributed by atoms with Crippen LogP contribution in [0.1, 0.15) is 11.6 Å². The van der Waals surface area contributed by atoms with Crippen LogP contribution < -0.4 is 11.1 Å². The number of benzene rings is 2. The molecule has 0 aliphatic rings. The number of anilines is 1. The minimum atomic E-state index is -0.687. The van der Waals surface area contributed by atoms with Crippen molar-refractivity contribution in [3.05, 3.63) is 62.7 Å². The van der Waals surface area contributed by atoms with E-state index in [9.17, 15) is 4.79 Å². The number of nitrogens with one attached hydrogen (secondary N) is 1. The van der Waals surface area contributed by atoms with E-state index in [1.165, 1.54) is 0 Å². The highest BCUT2D eigenvalue weighted by Gasteiger charge is 2.16. The molecule has 1 atom stereocenters. The van der Waals surface area contributed by atoms with E-state index in [0.29, 0.717) is 10.7 Å². The zero-order valence-corrected chi connectivity index (χ0v) is 12.9. The molecule has 1 amide bonds. The van der Waals surface area contributed by atoms with Crippen LogP contribution in [0, 0.1) is 3.57 Å². The number of hydrogen-bond acceptors (Lipinski definition) is 2. The number of halogens is 2. The summed E-state index contributed by atoms with van der Waals surface area (Å²) >= 11 is 7.99. The minimum Gasteiger partial charge on any atom is -0.323 e. The Labute approximate surface area is 130 Å². The molecule has 2 aromatic carbocycles. The standard InChI is InChI=1S/C14H12ClIN2O/c15-10-6-7-12(11(16)8-10)18-14(19)13(17)9-4-2-1-3-5-9/h1-8,13H,17H2,(H,18,19). The summed E-state index contributed by atoms with van der Waals surface area (Å²) in [6, 6.07) is 13.8. The number of carbonyl (C=O) groups excluding carboxylic acids is 1. The van der Waals surface area contributed by atoms with Gasteiger partial charge in [-0.1, -0.05) is 41.9 Å². The summed E-state index contributed by atoms with van der Waals surface area (Å²) < 4.78 is 0.874. The molecule has 19 heavy (non-hydrogen) atoms. The van der Waals surface area contributed by atoms with Crippen LogP contribution in [0.4, 0.5) is 5.69 Å². The third-order valence-electron chi connectivity index (χ3n) is 2.63. The summed E-state index contributed by atoms with van der Waals surface area (Å²) in [6.07, 6.45) is 0. The quantitative estimate of drug-likeness (QED) is 0.792. The Morgan fingerprint density at radius 3 is 2.53 bits per heavy atom. The highest BCUT2D eigenvalue weighted by Crippen LogP contribution is 2.23. The average Bonchev–Trinajstić information content (AvgIpc) is 2.42. The van der Waals surface area contributed by atoms with Gasteiger partial charge in [0.2, 0.25) is 5.91 Å². The van der Waals surface area contributed by atoms with E-state index in [4.69, 9.17) is 17.3 Å². The Bertz CT molecular complexity index is 589. The highest BCUT2D eigenvalue weighted by atomic mass is 127. The second-order valence-electron chi connectivity index (χ2n) is 4.00. The summed E-state index contributed by atoms with van der Waals surface area (Å²) in [4.78, 5) is 12.1. The first kappa shape index (κ1) is 14.3. The van der Waals surface area contributed by atoms with Gasteiger partial charge >= 0.3 is 0 Å². The van der Waals surface area contributed by atoms with Crippen molar-refractivity contribution in [1.29, 1.82) is 0 Å². The largest absolute Gasteiger partial charge is 0.323 e. The van der Waals surface area contributed by atoms with Crippen LogP contribution in [0.5, 0.6) is 0 Å². The van der Waals surface area contributed by atoms with E-state index in [0.717, 1.165) is 9.13 Å². The minimum absolute atomic E-state index is 0.244. The Kier molecular flexibility index (Phi) is 4.79. The molecule has 1 unspecified atom stereocenters. The van der Waals surface area contributed by atoms with Crippen molar-refractivity contribution in [3.63, 3.8) is 0 Å². The molecule has 3 N–H and O–H groups in total. The molecule has 2 aromatic rings. The molecule has 0 aliphatic carbocycles. The molecule has 0 saturated carbocycles. The van der Waals surface area contributed by atoms with Crippen molar-refractivity contribution in [2.24, 2.45) is 5.73 Å². The van der Waals surface area contributed by atoms with Gasteiger partial charge in [0.25, 0.3) is 0 Å². The van der Waals surface area contributed by atoms with E-state index in [1.54, 1.807) is 18.2 Å². The van der Waals surface area contributed by atoms with E-state index in [1.807, 2.05) is 30.3 Å². The van der Waals surface area contributed by atoms with Gasteiger partial charge in [-0.2, -0.15) is 0 Å². The Balaban J connectivity index is 2.13. The summed E-state index contributed by atoms with van der Waals surface area (Å²) in [5.41, 5.74) is 7.42. The molecule has 0 fully saturated rings. The lowest BCUT2D eigenvalue weighted by atomic mass is 10.1. The smallest absolute Gasteiger partial charge is 0.245 e. The van der Waals surface area contributed by atoms with E-state index >= 15 is 0 Å². The number of amides is 1. The summed E-state index contributed by atoms with van der Waals surface area (Å²) in [5.74, 6) is -0.244. The fourth-order valence-electron chi connectivity index (χ4n) is 1.61. The number of carbonyl (C=O) groups is 1. The van der Waals surface area contributed by atoms with E-state index in [-0.39, 0.29) is 5.91 Å². The number of rotatable bonds is 3. The van der Waals surface area contributed by atoms with Gasteiger partial charge in [0.15, 0.2) is 0 Å². The zero-order chi connectivity index (χ0) is 13.8. The lowest BCUT2D eigenvalue weighted by Gasteiger charge is -2.13. The molecule has 98 valence electrons. The number of nitrogens with two attached hydrogens (primary N) is 1. The van der Waals surface area contributed by atoms with Crippen molar-refractivity contribution in [2.75, 3.05) is 5.32 Å². The van der Waals surface area contributed by atoms with Gasteiger partial charge in [-0.3, -0.25) is 4.79 Å². The van der Waals surface area contributed by atoms with Crippen molar-refractivity contribution in [3.8, 4) is 0 Å². The van der Waals surface area contributed by atoms with Gasteiger partial charge in [0.1, 0.15) is 6.04 Å². The van der Waals surface area contributed by atoms with Crippen LogP contribution in [0.3, 0.4) is 0 Å². The predicted octanol–water partition coefficient (Wildman–Crippen LogP) is 3.58. The molecule has 0 radical (unpaired) electrons. The van der Waals surface area contributed by atoms with Gasteiger partial charge in [0, 0.05) is 8.59 Å². The monoisotopic (exact) mass is 386 g/mol. The Hall–Kier alpha value is -1.11. The van der Waals surface area contributed by atoms with Crippen molar-refractivity contribution in [2.45, 2.75) is 6.04 Å². The Morgan fingerprint density at radius 2 is 1.89 bits per heavy atom. The van der Waals surface area contributed by atoms with E-state index in [2.05, 4.69) is 27.9 Å². The summed E-state index contributed by atoms with van der Waals surface area (Å²) in [7, 11) is 0. The first-order chi connectivity index (χ1) is 9.08. The van der Waals surface area contributed by atoms with Crippen LogP contribution in [-0.2, 0) is 4.79 Å². The lowest BCUT2D eigenvalue weighted by Crippen LogP contribution is -2.27. The molecular formula is C14H12ClIN2O. The molecule has 0 aliphatic heterocycles. The highest BCUT2D eigenvalue weighted by molar-refractivity contribution is 14.1. The molecule has 0 bridgehead atoms. The van der Waals surface area contributed by atoms with E-state index < -0.39 is 6.04 Å². The first-order valence-electron chi connectivity index (χ1n) is 5.64. The van der Waals surface area contributed by atoms with Crippen LogP contribution >= 0.6 is 34.2 Å². The van der Waals surface area contributed by atoms with Gasteiger partial charge in [-0.05, 0) is 46.4 Å². The maximum absolute atomic E-state index is 12.1. The zero-order valence-electron chi connectivity index (χ0n) is 9.94. The van der Waals surface area contributed by atoms with Crippen molar-refractivity contribution < 1.29 is 4.79 Å². The summed E-state index contributed by atoms with van der Waals surface area (Å²) in [6.45, 7) is 0. The fourth-order valence-corrected chi connectivity index (χ4v) is 2.62. The molecular weight excluding hydrogens is 375 g/mol. The molecule has 5 heteroatoms. The van der Waals surface area contributed by atoms with Gasteiger partial charge in [-0.25, -0.2) is 0 Å². The van der Waals surface area contributed by atoms with Crippen LogP contribution in [0.25, 0.3) is 0 Å². The lowest BCUT2D eigenvalue weighted by molar-refractivity contribution is -0.117. The van der Waals surface area contributed by atoms with Gasteiger partial charge < -0.3 is 11.1 Å². The molecule has 0 aromatic heterocycles. The molecule has 0 spiro atoms. The number of hydrogen-bond donors (Lipinski definition) is 2. The SMILES string of the molecule is NC(C(=O)Nc1ccc(Cl)cc1I)c1ccccc1. The fraction of sp³-hybridized carbons (Fsp3) is 0.0714. The van der Waals surface area contributed by atoms with Crippen LogP contribution in [-0.4, -0.2) is 5.91 Å². The van der Waals surface area contributed by atoms with Crippen LogP contribution in [0.2, 0.25) is 5.02 Å². The van der Waals surface area contributed by atoms with Crippen molar-refractivity contribution in [1.82, 2.24) is 0 Å². The first-order valence-corrected chi connectivity index (χ1v) is 7.10. The van der Waals surface area contributed by atoms with Crippen LogP contribution in [0.15, 0.2) is 48.5 Å². The van der Waals surface area contributed by atoms with Gasteiger partial charge in [-0.15, -0.1) is 0 Å². The molecule has 0 heterocycles. The van der Waals surface area contributed by atoms with Gasteiger partial charge in [0.05, 0.1) is 5.69 Å². The summed E-state index contributed by atoms with van der Waals surface area (Å²) in [5, 5.41) is 3.44. The molecule has 0 saturated heterocycles. The normalized spacial score (nSPS) is 11.9. The Morgan fingerprint density at radius 1 is 1.21 bits per heavy atom. The predicted molar refractivity (Wildman–Crippen MR) is 86.2 cm³/mol. The molecule has 2 rings (SSSR count). The molecule has 3 nitrogen and oxygen atoms in total. The second-order valence-corrected chi connectivity index (χ2v) is 5.60. The third kappa shape index (κ3) is 3.68. The third-order valence-corrected chi connectivity index (χ3v) is 3.76. The maximum atomic E-state index is 12.1. The second kappa shape index (κ2) is 6.36.